The molecule has 1 saturated heterocycles. The van der Waals surface area contributed by atoms with Crippen LogP contribution in [0, 0.1) is 0 Å². The number of carboxylic acid groups (broad SMARTS) is 1. The average Bonchev–Trinajstić information content (AvgIpc) is 2.38. The van der Waals surface area contributed by atoms with Crippen LogP contribution in [-0.4, -0.2) is 65.9 Å². The van der Waals surface area contributed by atoms with Crippen LogP contribution in [0.4, 0.5) is 0 Å². The van der Waals surface area contributed by atoms with Gasteiger partial charge in [0, 0.05) is 18.1 Å². The minimum atomic E-state index is -3.40. The normalized spacial score (nSPS) is 19.5. The maximum Gasteiger partial charge on any atom is 0.305 e. The highest BCUT2D eigenvalue weighted by molar-refractivity contribution is 7.99. The van der Waals surface area contributed by atoms with Gasteiger partial charge in [-0.3, -0.25) is 9.59 Å². The molecule has 0 aromatic rings. The molecule has 122 valence electrons. The third kappa shape index (κ3) is 6.69. The summed E-state index contributed by atoms with van der Waals surface area (Å²) in [5.41, 5.74) is 0. The molecule has 0 saturated carbocycles. The molecule has 6 nitrogen and oxygen atoms in total. The Morgan fingerprint density at radius 1 is 1.33 bits per heavy atom. The zero-order chi connectivity index (χ0) is 15.9. The van der Waals surface area contributed by atoms with Gasteiger partial charge in [-0.25, -0.2) is 8.42 Å². The molecule has 1 unspecified atom stereocenters. The monoisotopic (exact) mass is 337 g/mol. The van der Waals surface area contributed by atoms with Crippen LogP contribution in [0.1, 0.15) is 32.6 Å². The van der Waals surface area contributed by atoms with Crippen LogP contribution in [0.25, 0.3) is 0 Å². The zero-order valence-corrected chi connectivity index (χ0v) is 13.9. The first-order chi connectivity index (χ1) is 9.85. The lowest BCUT2D eigenvalue weighted by atomic mass is 10.2. The smallest absolute Gasteiger partial charge is 0.305 e. The highest BCUT2D eigenvalue weighted by Crippen LogP contribution is 2.19. The van der Waals surface area contributed by atoms with Crippen LogP contribution in [0.3, 0.4) is 0 Å². The fourth-order valence-corrected chi connectivity index (χ4v) is 4.66. The van der Waals surface area contributed by atoms with E-state index in [1.165, 1.54) is 4.90 Å². The average molecular weight is 337 g/mol. The van der Waals surface area contributed by atoms with E-state index in [2.05, 4.69) is 0 Å². The van der Waals surface area contributed by atoms with Crippen molar-refractivity contribution in [3.63, 3.8) is 0 Å². The van der Waals surface area contributed by atoms with Crippen LogP contribution in [0.2, 0.25) is 0 Å². The van der Waals surface area contributed by atoms with Gasteiger partial charge >= 0.3 is 5.97 Å². The summed E-state index contributed by atoms with van der Waals surface area (Å²) in [6.07, 6.45) is 2.19. The summed E-state index contributed by atoms with van der Waals surface area (Å²) >= 11 is 1.59. The van der Waals surface area contributed by atoms with E-state index < -0.39 is 33.5 Å². The van der Waals surface area contributed by atoms with Crippen molar-refractivity contribution in [3.05, 3.63) is 0 Å². The maximum absolute atomic E-state index is 12.2. The van der Waals surface area contributed by atoms with Gasteiger partial charge in [-0.1, -0.05) is 19.8 Å². The van der Waals surface area contributed by atoms with E-state index in [0.717, 1.165) is 18.6 Å². The number of carbonyl (C=O) groups excluding carboxylic acids is 1. The van der Waals surface area contributed by atoms with E-state index in [4.69, 9.17) is 5.11 Å². The first-order valence-corrected chi connectivity index (χ1v) is 10.1. The van der Waals surface area contributed by atoms with E-state index in [1.807, 2.05) is 6.92 Å². The number of hydrogen-bond donors (Lipinski definition) is 1. The van der Waals surface area contributed by atoms with Crippen molar-refractivity contribution in [2.75, 3.05) is 29.6 Å². The standard InChI is InChI=1S/C13H23NO5S2/c1-2-3-4-7-21(18,19)10-12(15)14-5-6-20-9-11(14)8-13(16)17/h11H,2-10H2,1H3,(H,16,17). The Hall–Kier alpha value is -0.760. The van der Waals surface area contributed by atoms with Crippen molar-refractivity contribution in [2.24, 2.45) is 0 Å². The van der Waals surface area contributed by atoms with E-state index >= 15 is 0 Å². The summed E-state index contributed by atoms with van der Waals surface area (Å²) in [5, 5.41) is 8.88. The summed E-state index contributed by atoms with van der Waals surface area (Å²) in [5.74, 6) is -0.633. The topological polar surface area (TPSA) is 91.8 Å². The Morgan fingerprint density at radius 2 is 2.05 bits per heavy atom. The van der Waals surface area contributed by atoms with Gasteiger partial charge in [-0.05, 0) is 6.42 Å². The molecule has 1 rings (SSSR count). The highest BCUT2D eigenvalue weighted by Gasteiger charge is 2.31. The third-order valence-electron chi connectivity index (χ3n) is 3.36. The van der Waals surface area contributed by atoms with Crippen molar-refractivity contribution in [3.8, 4) is 0 Å². The fourth-order valence-electron chi connectivity index (χ4n) is 2.27. The number of sulfone groups is 1. The van der Waals surface area contributed by atoms with Gasteiger partial charge in [0.25, 0.3) is 0 Å². The summed E-state index contributed by atoms with van der Waals surface area (Å²) in [7, 11) is -3.40. The van der Waals surface area contributed by atoms with Crippen molar-refractivity contribution in [1.82, 2.24) is 4.90 Å². The molecular formula is C13H23NO5S2. The SMILES string of the molecule is CCCCCS(=O)(=O)CC(=O)N1CCSCC1CC(=O)O. The van der Waals surface area contributed by atoms with Gasteiger partial charge in [0.1, 0.15) is 5.75 Å². The van der Waals surface area contributed by atoms with Crippen LogP contribution >= 0.6 is 11.8 Å². The molecule has 0 bridgehead atoms. The largest absolute Gasteiger partial charge is 0.481 e. The Bertz CT molecular complexity index is 463. The Morgan fingerprint density at radius 3 is 2.67 bits per heavy atom. The molecule has 1 amide bonds. The quantitative estimate of drug-likeness (QED) is 0.665. The fraction of sp³-hybridized carbons (Fsp3) is 0.846. The molecule has 1 aliphatic heterocycles. The molecule has 0 radical (unpaired) electrons. The van der Waals surface area contributed by atoms with E-state index in [0.29, 0.717) is 18.7 Å². The Labute approximate surface area is 130 Å². The molecule has 1 N–H and O–H groups in total. The van der Waals surface area contributed by atoms with Crippen LogP contribution in [0.15, 0.2) is 0 Å². The number of amides is 1. The van der Waals surface area contributed by atoms with Gasteiger partial charge in [-0.2, -0.15) is 11.8 Å². The van der Waals surface area contributed by atoms with Gasteiger partial charge in [0.2, 0.25) is 5.91 Å². The molecule has 1 aliphatic rings. The zero-order valence-electron chi connectivity index (χ0n) is 12.3. The number of unbranched alkanes of at least 4 members (excludes halogenated alkanes) is 2. The summed E-state index contributed by atoms with van der Waals surface area (Å²) in [6.45, 7) is 2.41. The van der Waals surface area contributed by atoms with E-state index in [9.17, 15) is 18.0 Å². The number of rotatable bonds is 8. The maximum atomic E-state index is 12.2. The molecule has 1 heterocycles. The number of carbonyl (C=O) groups is 2. The molecule has 8 heteroatoms. The summed E-state index contributed by atoms with van der Waals surface area (Å²) in [4.78, 5) is 24.4. The lowest BCUT2D eigenvalue weighted by molar-refractivity contribution is -0.139. The summed E-state index contributed by atoms with van der Waals surface area (Å²) in [6, 6.07) is -0.403. The van der Waals surface area contributed by atoms with Crippen molar-refractivity contribution < 1.29 is 23.1 Å². The van der Waals surface area contributed by atoms with Crippen molar-refractivity contribution in [2.45, 2.75) is 38.6 Å². The van der Waals surface area contributed by atoms with E-state index in [1.54, 1.807) is 11.8 Å². The molecule has 0 aliphatic carbocycles. The predicted molar refractivity (Wildman–Crippen MR) is 83.3 cm³/mol. The van der Waals surface area contributed by atoms with E-state index in [-0.39, 0.29) is 12.2 Å². The van der Waals surface area contributed by atoms with Crippen LogP contribution < -0.4 is 0 Å². The molecule has 1 fully saturated rings. The molecule has 0 spiro atoms. The first-order valence-electron chi connectivity index (χ1n) is 7.15. The number of carboxylic acids is 1. The first kappa shape index (κ1) is 18.3. The Kier molecular flexibility index (Phi) is 7.51. The summed E-state index contributed by atoms with van der Waals surface area (Å²) < 4.78 is 23.8. The molecular weight excluding hydrogens is 314 g/mol. The van der Waals surface area contributed by atoms with Crippen molar-refractivity contribution >= 4 is 33.5 Å². The van der Waals surface area contributed by atoms with Gasteiger partial charge in [-0.15, -0.1) is 0 Å². The second kappa shape index (κ2) is 8.63. The number of thioether (sulfide) groups is 1. The Balaban J connectivity index is 2.60. The lowest BCUT2D eigenvalue weighted by Gasteiger charge is -2.34. The number of hydrogen-bond acceptors (Lipinski definition) is 5. The second-order valence-corrected chi connectivity index (χ2v) is 8.55. The number of aliphatic carboxylic acids is 1. The van der Waals surface area contributed by atoms with Gasteiger partial charge in [0.05, 0.1) is 18.2 Å². The van der Waals surface area contributed by atoms with Crippen LogP contribution in [-0.2, 0) is 19.4 Å². The second-order valence-electron chi connectivity index (χ2n) is 5.21. The minimum Gasteiger partial charge on any atom is -0.481 e. The number of nitrogens with zero attached hydrogens (tertiary/aromatic N) is 1. The molecule has 1 atom stereocenters. The molecule has 21 heavy (non-hydrogen) atoms. The predicted octanol–water partition coefficient (Wildman–Crippen LogP) is 1.01. The van der Waals surface area contributed by atoms with Crippen molar-refractivity contribution in [1.29, 1.82) is 0 Å². The highest BCUT2D eigenvalue weighted by atomic mass is 32.2. The molecule has 0 aromatic heterocycles. The van der Waals surface area contributed by atoms with Gasteiger partial charge in [0.15, 0.2) is 9.84 Å². The lowest BCUT2D eigenvalue weighted by Crippen LogP contribution is -2.49. The minimum absolute atomic E-state index is 0.0266. The van der Waals surface area contributed by atoms with Crippen LogP contribution in [0.5, 0.6) is 0 Å². The molecule has 0 aromatic carbocycles. The third-order valence-corrected chi connectivity index (χ3v) is 6.05. The van der Waals surface area contributed by atoms with Gasteiger partial charge < -0.3 is 10.0 Å².